The number of allylic oxidation sites excluding steroid dienone is 2. The van der Waals surface area contributed by atoms with Crippen LogP contribution in [0.1, 0.15) is 27.2 Å². The first-order valence-corrected chi connectivity index (χ1v) is 12.0. The molecule has 4 heteroatoms. The number of hydrogen-bond donors (Lipinski definition) is 0. The lowest BCUT2D eigenvalue weighted by Crippen LogP contribution is -2.39. The Bertz CT molecular complexity index is 684. The van der Waals surface area contributed by atoms with Crippen LogP contribution < -0.4 is 9.08 Å². The molecule has 0 aliphatic heterocycles. The summed E-state index contributed by atoms with van der Waals surface area (Å²) in [5.41, 5.74) is 1.37. The van der Waals surface area contributed by atoms with Crippen LogP contribution in [-0.4, -0.2) is 15.2 Å². The second-order valence-electron chi connectivity index (χ2n) is 6.76. The number of para-hydroxylation sites is 2. The van der Waals surface area contributed by atoms with Crippen LogP contribution in [-0.2, 0) is 0 Å². The van der Waals surface area contributed by atoms with E-state index in [1.54, 1.807) is 0 Å². The van der Waals surface area contributed by atoms with Gasteiger partial charge in [-0.1, -0.05) is 60.9 Å². The zero-order valence-electron chi connectivity index (χ0n) is 16.1. The summed E-state index contributed by atoms with van der Waals surface area (Å²) in [4.78, 5) is 0. The highest BCUT2D eigenvalue weighted by Gasteiger charge is 2.33. The van der Waals surface area contributed by atoms with Crippen molar-refractivity contribution in [2.45, 2.75) is 46.6 Å². The van der Waals surface area contributed by atoms with Crippen molar-refractivity contribution in [1.29, 1.82) is 0 Å². The van der Waals surface area contributed by atoms with Gasteiger partial charge < -0.3 is 9.08 Å². The normalized spacial score (nSPS) is 12.4. The molecule has 2 rings (SSSR count). The van der Waals surface area contributed by atoms with Crippen LogP contribution >= 0.6 is 0 Å². The topological polar surface area (TPSA) is 18.5 Å². The van der Waals surface area contributed by atoms with Crippen molar-refractivity contribution in [2.24, 2.45) is 0 Å². The van der Waals surface area contributed by atoms with Crippen LogP contribution in [0.25, 0.3) is 0 Å². The lowest BCUT2D eigenvalue weighted by atomic mass is 9.57. The molecule has 0 amide bonds. The molecule has 25 heavy (non-hydrogen) atoms. The van der Waals surface area contributed by atoms with Gasteiger partial charge in [-0.25, -0.2) is 0 Å². The van der Waals surface area contributed by atoms with Crippen molar-refractivity contribution in [3.8, 4) is 11.5 Å². The molecule has 0 N–H and O–H groups in total. The highest BCUT2D eigenvalue weighted by atomic mass is 28.4. The Balaban J connectivity index is 2.26. The molecule has 2 aromatic rings. The average Bonchev–Trinajstić information content (AvgIpc) is 2.62. The number of hydrogen-bond acceptors (Lipinski definition) is 2. The first-order chi connectivity index (χ1) is 12.0. The van der Waals surface area contributed by atoms with E-state index >= 15 is 0 Å². The molecule has 0 unspecified atom stereocenters. The van der Waals surface area contributed by atoms with E-state index in [1.807, 2.05) is 60.7 Å². The Labute approximate surface area is 154 Å². The molecular weight excluding hydrogens is 323 g/mol. The van der Waals surface area contributed by atoms with E-state index in [0.29, 0.717) is 0 Å². The van der Waals surface area contributed by atoms with Gasteiger partial charge in [-0.3, -0.25) is 0 Å². The summed E-state index contributed by atoms with van der Waals surface area (Å²) in [6.07, 6.45) is 1.93. The minimum absolute atomic E-state index is 0.0959. The summed E-state index contributed by atoms with van der Waals surface area (Å²) in [7, 11) is -2.03. The second kappa shape index (κ2) is 8.95. The molecule has 2 nitrogen and oxygen atoms in total. The highest BCUT2D eigenvalue weighted by Crippen LogP contribution is 2.27. The Kier molecular flexibility index (Phi) is 6.94. The van der Waals surface area contributed by atoms with Crippen molar-refractivity contribution in [1.82, 2.24) is 0 Å². The predicted octanol–water partition coefficient (Wildman–Crippen LogP) is 6.17. The summed E-state index contributed by atoms with van der Waals surface area (Å²) in [6.45, 7) is 11.2. The van der Waals surface area contributed by atoms with Gasteiger partial charge in [0, 0.05) is 0 Å². The van der Waals surface area contributed by atoms with Gasteiger partial charge in [0.05, 0.1) is 5.75 Å². The number of rotatable bonds is 8. The first-order valence-electron chi connectivity index (χ1n) is 9.13. The lowest BCUT2D eigenvalue weighted by Gasteiger charge is -2.29. The van der Waals surface area contributed by atoms with Crippen LogP contribution in [0, 0.1) is 0 Å². The lowest BCUT2D eigenvalue weighted by molar-refractivity contribution is 0.555. The Morgan fingerprint density at radius 1 is 0.880 bits per heavy atom. The van der Waals surface area contributed by atoms with E-state index in [4.69, 9.17) is 9.08 Å². The molecule has 0 spiro atoms. The quantitative estimate of drug-likeness (QED) is 0.529. The van der Waals surface area contributed by atoms with Gasteiger partial charge in [-0.2, -0.15) is 0 Å². The van der Waals surface area contributed by atoms with Crippen molar-refractivity contribution >= 4 is 15.2 Å². The third-order valence-corrected chi connectivity index (χ3v) is 7.54. The Morgan fingerprint density at radius 3 is 1.88 bits per heavy atom. The molecular formula is C21H29BO2Si. The van der Waals surface area contributed by atoms with E-state index in [2.05, 4.69) is 33.9 Å². The number of benzene rings is 2. The summed E-state index contributed by atoms with van der Waals surface area (Å²) in [5.74, 6) is 1.88. The minimum atomic E-state index is -2.03. The molecule has 0 aromatic heterocycles. The maximum atomic E-state index is 6.42. The van der Waals surface area contributed by atoms with Crippen molar-refractivity contribution in [3.05, 3.63) is 71.3 Å². The minimum Gasteiger partial charge on any atom is -0.556 e. The summed E-state index contributed by atoms with van der Waals surface area (Å²) >= 11 is 0. The molecule has 0 aliphatic carbocycles. The van der Waals surface area contributed by atoms with Crippen molar-refractivity contribution in [3.63, 3.8) is 0 Å². The molecule has 132 valence electrons. The van der Waals surface area contributed by atoms with Crippen LogP contribution in [0.4, 0.5) is 0 Å². The third kappa shape index (κ3) is 5.27. The molecule has 0 aliphatic rings. The largest absolute Gasteiger partial charge is 0.556 e. The van der Waals surface area contributed by atoms with E-state index in [-0.39, 0.29) is 6.92 Å². The van der Waals surface area contributed by atoms with Gasteiger partial charge in [-0.05, 0) is 57.0 Å². The summed E-state index contributed by atoms with van der Waals surface area (Å²) in [5, 5.41) is 1.38. The fourth-order valence-electron chi connectivity index (χ4n) is 3.04. The summed E-state index contributed by atoms with van der Waals surface area (Å²) < 4.78 is 12.7. The molecule has 0 bridgehead atoms. The van der Waals surface area contributed by atoms with E-state index in [1.165, 1.54) is 10.7 Å². The highest BCUT2D eigenvalue weighted by molar-refractivity contribution is 6.81. The van der Waals surface area contributed by atoms with Crippen molar-refractivity contribution < 1.29 is 9.08 Å². The first kappa shape index (κ1) is 19.4. The van der Waals surface area contributed by atoms with Gasteiger partial charge >= 0.3 is 6.92 Å². The standard InChI is InChI=1S/C21H29BO2Si/c1-6-21(22(7-2)23-19-14-10-8-11-15-19)18(3)25(4,5)24-20-16-12-9-13-17-20/h8-17H,6-7H2,1-5H3/b21-18+. The second-order valence-corrected chi connectivity index (χ2v) is 10.7. The fraction of sp³-hybridized carbons (Fsp3) is 0.333. The maximum Gasteiger partial charge on any atom is 0.386 e. The Hall–Kier alpha value is -1.94. The molecule has 0 saturated heterocycles. The van der Waals surface area contributed by atoms with Crippen LogP contribution in [0.15, 0.2) is 71.3 Å². The molecule has 0 heterocycles. The van der Waals surface area contributed by atoms with Crippen LogP contribution in [0.2, 0.25) is 19.4 Å². The smallest absolute Gasteiger partial charge is 0.386 e. The van der Waals surface area contributed by atoms with Crippen LogP contribution in [0.3, 0.4) is 0 Å². The van der Waals surface area contributed by atoms with E-state index in [9.17, 15) is 0 Å². The van der Waals surface area contributed by atoms with E-state index in [0.717, 1.165) is 24.2 Å². The van der Waals surface area contributed by atoms with Crippen LogP contribution in [0.5, 0.6) is 11.5 Å². The zero-order valence-corrected chi connectivity index (χ0v) is 17.1. The average molecular weight is 352 g/mol. The molecule has 0 radical (unpaired) electrons. The van der Waals surface area contributed by atoms with Crippen molar-refractivity contribution in [2.75, 3.05) is 0 Å². The SMILES string of the molecule is CCB(Oc1ccccc1)/C(CC)=C(\C)[Si](C)(C)Oc1ccccc1. The monoisotopic (exact) mass is 352 g/mol. The Morgan fingerprint density at radius 2 is 1.40 bits per heavy atom. The predicted molar refractivity (Wildman–Crippen MR) is 111 cm³/mol. The molecule has 0 fully saturated rings. The molecule has 0 saturated carbocycles. The zero-order chi connectivity index (χ0) is 18.3. The van der Waals surface area contributed by atoms with Gasteiger partial charge in [0.25, 0.3) is 8.32 Å². The molecule has 2 aromatic carbocycles. The maximum absolute atomic E-state index is 6.42. The fourth-order valence-corrected chi connectivity index (χ4v) is 5.03. The molecule has 0 atom stereocenters. The van der Waals surface area contributed by atoms with Gasteiger partial charge in [-0.15, -0.1) is 0 Å². The third-order valence-electron chi connectivity index (χ3n) is 4.66. The van der Waals surface area contributed by atoms with Gasteiger partial charge in [0.2, 0.25) is 0 Å². The van der Waals surface area contributed by atoms with Gasteiger partial charge in [0.1, 0.15) is 5.75 Å². The van der Waals surface area contributed by atoms with Gasteiger partial charge in [0.15, 0.2) is 0 Å². The van der Waals surface area contributed by atoms with E-state index < -0.39 is 8.32 Å². The summed E-state index contributed by atoms with van der Waals surface area (Å²) in [6, 6.07) is 20.2.